The minimum Gasteiger partial charge on any atom is -0.303 e. The molecule has 1 aliphatic rings. The Kier molecular flexibility index (Phi) is 3.99. The zero-order valence-electron chi connectivity index (χ0n) is 10.4. The first kappa shape index (κ1) is 11.6. The molecule has 0 unspecified atom stereocenters. The van der Waals surface area contributed by atoms with Crippen molar-refractivity contribution in [3.8, 4) is 0 Å². The highest BCUT2D eigenvalue weighted by atomic mass is 15.1. The highest BCUT2D eigenvalue weighted by molar-refractivity contribution is 5.04. The predicted octanol–water partition coefficient (Wildman–Crippen LogP) is 2.28. The molecule has 3 heteroatoms. The maximum atomic E-state index is 4.00. The molecule has 2 rings (SSSR count). The first-order chi connectivity index (χ1) is 7.74. The maximum Gasteiger partial charge on any atom is 0.0519 e. The van der Waals surface area contributed by atoms with Crippen LogP contribution in [0.1, 0.15) is 32.3 Å². The van der Waals surface area contributed by atoms with Gasteiger partial charge < -0.3 is 4.90 Å². The number of nitrogens with zero attached hydrogens (tertiary/aromatic N) is 2. The summed E-state index contributed by atoms with van der Waals surface area (Å²) in [6.45, 7) is 8.13. The molecule has 1 radical (unpaired) electrons. The standard InChI is InChI=1S/C13H22N3/c1-11(2)10-16-5-3-12(4-6-16)7-13-8-14-15-9-13/h8-9,12H,3-7,10H2,1-2H3,(H,14,15). The van der Waals surface area contributed by atoms with Crippen molar-refractivity contribution in [3.63, 3.8) is 0 Å². The zero-order chi connectivity index (χ0) is 11.4. The van der Waals surface area contributed by atoms with Gasteiger partial charge in [0.2, 0.25) is 0 Å². The van der Waals surface area contributed by atoms with Gasteiger partial charge in [-0.3, -0.25) is 5.10 Å². The van der Waals surface area contributed by atoms with Gasteiger partial charge in [-0.25, -0.2) is 0 Å². The SMILES string of the molecule is C[C](C)CN1CCC(Cc2cn[nH]c2)CC1. The molecule has 0 bridgehead atoms. The maximum absolute atomic E-state index is 4.00. The van der Waals surface area contributed by atoms with Crippen molar-refractivity contribution in [2.24, 2.45) is 5.92 Å². The normalized spacial score (nSPS) is 19.4. The first-order valence-electron chi connectivity index (χ1n) is 6.23. The van der Waals surface area contributed by atoms with Gasteiger partial charge in [-0.15, -0.1) is 0 Å². The van der Waals surface area contributed by atoms with Gasteiger partial charge in [0.25, 0.3) is 0 Å². The Hall–Kier alpha value is -0.830. The molecule has 2 heterocycles. The number of piperidine rings is 1. The number of likely N-dealkylation sites (tertiary alicyclic amines) is 1. The second-order valence-electron chi connectivity index (χ2n) is 5.24. The van der Waals surface area contributed by atoms with Crippen LogP contribution < -0.4 is 0 Å². The lowest BCUT2D eigenvalue weighted by atomic mass is 9.91. The summed E-state index contributed by atoms with van der Waals surface area (Å²) in [7, 11) is 0. The van der Waals surface area contributed by atoms with Crippen LogP contribution >= 0.6 is 0 Å². The second kappa shape index (κ2) is 5.48. The molecule has 16 heavy (non-hydrogen) atoms. The molecule has 1 N–H and O–H groups in total. The molecule has 0 saturated carbocycles. The van der Waals surface area contributed by atoms with Gasteiger partial charge in [0.1, 0.15) is 0 Å². The Bertz CT molecular complexity index is 284. The van der Waals surface area contributed by atoms with Crippen molar-refractivity contribution >= 4 is 0 Å². The zero-order valence-corrected chi connectivity index (χ0v) is 10.4. The fraction of sp³-hybridized carbons (Fsp3) is 0.692. The highest BCUT2D eigenvalue weighted by Gasteiger charge is 2.19. The smallest absolute Gasteiger partial charge is 0.0519 e. The van der Waals surface area contributed by atoms with Gasteiger partial charge in [0.15, 0.2) is 0 Å². The third-order valence-corrected chi connectivity index (χ3v) is 3.33. The summed E-state index contributed by atoms with van der Waals surface area (Å²) in [6.07, 6.45) is 7.84. The van der Waals surface area contributed by atoms with Crippen LogP contribution in [0.5, 0.6) is 0 Å². The second-order valence-corrected chi connectivity index (χ2v) is 5.24. The summed E-state index contributed by atoms with van der Waals surface area (Å²) in [5.74, 6) is 2.37. The highest BCUT2D eigenvalue weighted by Crippen LogP contribution is 2.21. The van der Waals surface area contributed by atoms with Gasteiger partial charge in [0.05, 0.1) is 6.20 Å². The molecular weight excluding hydrogens is 198 g/mol. The topological polar surface area (TPSA) is 31.9 Å². The van der Waals surface area contributed by atoms with E-state index < -0.39 is 0 Å². The van der Waals surface area contributed by atoms with E-state index in [-0.39, 0.29) is 0 Å². The van der Waals surface area contributed by atoms with Gasteiger partial charge in [0, 0.05) is 12.7 Å². The summed E-state index contributed by atoms with van der Waals surface area (Å²) < 4.78 is 0. The minimum atomic E-state index is 0.853. The van der Waals surface area contributed by atoms with Crippen LogP contribution in [0.4, 0.5) is 0 Å². The van der Waals surface area contributed by atoms with Crippen LogP contribution in [-0.2, 0) is 6.42 Å². The molecule has 1 aromatic heterocycles. The average molecular weight is 220 g/mol. The van der Waals surface area contributed by atoms with E-state index in [9.17, 15) is 0 Å². The summed E-state index contributed by atoms with van der Waals surface area (Å²) in [5, 5.41) is 6.89. The number of hydrogen-bond acceptors (Lipinski definition) is 2. The summed E-state index contributed by atoms with van der Waals surface area (Å²) in [4.78, 5) is 2.57. The monoisotopic (exact) mass is 220 g/mol. The van der Waals surface area contributed by atoms with Crippen LogP contribution in [-0.4, -0.2) is 34.7 Å². The molecule has 1 fully saturated rings. The van der Waals surface area contributed by atoms with Crippen molar-refractivity contribution in [3.05, 3.63) is 23.9 Å². The number of nitrogens with one attached hydrogen (secondary N) is 1. The molecule has 0 aliphatic carbocycles. The predicted molar refractivity (Wildman–Crippen MR) is 66.0 cm³/mol. The van der Waals surface area contributed by atoms with Crippen LogP contribution in [0.15, 0.2) is 12.4 Å². The molecular formula is C13H22N3. The van der Waals surface area contributed by atoms with E-state index in [4.69, 9.17) is 0 Å². The van der Waals surface area contributed by atoms with Crippen molar-refractivity contribution < 1.29 is 0 Å². The van der Waals surface area contributed by atoms with Gasteiger partial charge in [-0.05, 0) is 49.8 Å². The van der Waals surface area contributed by atoms with E-state index in [1.807, 2.05) is 12.4 Å². The van der Waals surface area contributed by atoms with E-state index in [0.717, 1.165) is 5.92 Å². The van der Waals surface area contributed by atoms with Crippen LogP contribution in [0.3, 0.4) is 0 Å². The van der Waals surface area contributed by atoms with Gasteiger partial charge in [-0.1, -0.05) is 13.8 Å². The summed E-state index contributed by atoms with van der Waals surface area (Å²) in [5.41, 5.74) is 1.36. The number of hydrogen-bond donors (Lipinski definition) is 1. The third kappa shape index (κ3) is 3.34. The quantitative estimate of drug-likeness (QED) is 0.844. The van der Waals surface area contributed by atoms with Crippen molar-refractivity contribution in [1.82, 2.24) is 15.1 Å². The molecule has 1 saturated heterocycles. The fourth-order valence-electron chi connectivity index (χ4n) is 2.52. The Balaban J connectivity index is 1.73. The number of aromatic nitrogens is 2. The van der Waals surface area contributed by atoms with Crippen molar-refractivity contribution in [2.75, 3.05) is 19.6 Å². The van der Waals surface area contributed by atoms with E-state index in [0.29, 0.717) is 0 Å². The van der Waals surface area contributed by atoms with Crippen molar-refractivity contribution in [1.29, 1.82) is 0 Å². The van der Waals surface area contributed by atoms with E-state index in [1.165, 1.54) is 50.4 Å². The molecule has 1 aromatic rings. The molecule has 0 spiro atoms. The van der Waals surface area contributed by atoms with Gasteiger partial charge >= 0.3 is 0 Å². The van der Waals surface area contributed by atoms with Crippen LogP contribution in [0.2, 0.25) is 0 Å². The lowest BCUT2D eigenvalue weighted by Gasteiger charge is -2.32. The molecule has 0 aromatic carbocycles. The molecule has 3 nitrogen and oxygen atoms in total. The first-order valence-corrected chi connectivity index (χ1v) is 6.23. The Morgan fingerprint density at radius 2 is 2.19 bits per heavy atom. The third-order valence-electron chi connectivity index (χ3n) is 3.33. The Morgan fingerprint density at radius 3 is 2.75 bits per heavy atom. The van der Waals surface area contributed by atoms with E-state index >= 15 is 0 Å². The minimum absolute atomic E-state index is 0.853. The molecule has 89 valence electrons. The van der Waals surface area contributed by atoms with Crippen LogP contribution in [0.25, 0.3) is 0 Å². The molecule has 0 amide bonds. The average Bonchev–Trinajstić information content (AvgIpc) is 2.73. The lowest BCUT2D eigenvalue weighted by Crippen LogP contribution is -2.36. The van der Waals surface area contributed by atoms with E-state index in [2.05, 4.69) is 28.9 Å². The fourth-order valence-corrected chi connectivity index (χ4v) is 2.52. The number of aromatic amines is 1. The van der Waals surface area contributed by atoms with Crippen molar-refractivity contribution in [2.45, 2.75) is 33.1 Å². The number of rotatable bonds is 4. The van der Waals surface area contributed by atoms with E-state index in [1.54, 1.807) is 0 Å². The summed E-state index contributed by atoms with van der Waals surface area (Å²) >= 11 is 0. The number of H-pyrrole nitrogens is 1. The van der Waals surface area contributed by atoms with Crippen LogP contribution in [0, 0.1) is 11.8 Å². The molecule has 1 aliphatic heterocycles. The molecule has 0 atom stereocenters. The van der Waals surface area contributed by atoms with Gasteiger partial charge in [-0.2, -0.15) is 5.10 Å². The lowest BCUT2D eigenvalue weighted by molar-refractivity contribution is 0.190. The Labute approximate surface area is 98.2 Å². The Morgan fingerprint density at radius 1 is 1.44 bits per heavy atom. The summed E-state index contributed by atoms with van der Waals surface area (Å²) in [6, 6.07) is 0. The largest absolute Gasteiger partial charge is 0.303 e.